The van der Waals surface area contributed by atoms with Crippen molar-refractivity contribution in [3.63, 3.8) is 0 Å². The van der Waals surface area contributed by atoms with Gasteiger partial charge in [-0.2, -0.15) is 0 Å². The fourth-order valence-electron chi connectivity index (χ4n) is 2.36. The van der Waals surface area contributed by atoms with E-state index >= 15 is 0 Å². The normalized spacial score (nSPS) is 24.6. The predicted octanol–water partition coefficient (Wildman–Crippen LogP) is 2.31. The number of hydrogen-bond acceptors (Lipinski definition) is 4. The predicted molar refractivity (Wildman–Crippen MR) is 76.9 cm³/mol. The van der Waals surface area contributed by atoms with Gasteiger partial charge in [-0.15, -0.1) is 0 Å². The minimum Gasteiger partial charge on any atom is -0.409 e. The number of piperidine rings is 1. The number of oxime groups is 1. The van der Waals surface area contributed by atoms with Gasteiger partial charge >= 0.3 is 0 Å². The minimum atomic E-state index is 0.00655. The van der Waals surface area contributed by atoms with E-state index in [1.165, 1.54) is 0 Å². The molecule has 1 fully saturated rings. The van der Waals surface area contributed by atoms with Gasteiger partial charge in [0, 0.05) is 24.8 Å². The molecule has 1 aromatic rings. The fourth-order valence-corrected chi connectivity index (χ4v) is 2.69. The van der Waals surface area contributed by atoms with Crippen LogP contribution >= 0.6 is 11.6 Å². The maximum absolute atomic E-state index is 8.76. The molecule has 0 aromatic carbocycles. The van der Waals surface area contributed by atoms with Crippen molar-refractivity contribution in [1.82, 2.24) is 4.98 Å². The van der Waals surface area contributed by atoms with E-state index in [2.05, 4.69) is 28.9 Å². The number of amidine groups is 1. The lowest BCUT2D eigenvalue weighted by Crippen LogP contribution is -2.39. The lowest BCUT2D eigenvalue weighted by Gasteiger charge is -2.36. The number of anilines is 1. The van der Waals surface area contributed by atoms with E-state index in [1.807, 2.05) is 0 Å². The Labute approximate surface area is 118 Å². The molecule has 1 aromatic heterocycles. The van der Waals surface area contributed by atoms with Gasteiger partial charge in [-0.1, -0.05) is 30.6 Å². The molecule has 0 aliphatic carbocycles. The zero-order chi connectivity index (χ0) is 14.0. The molecule has 6 heteroatoms. The molecule has 5 nitrogen and oxygen atoms in total. The molecule has 104 valence electrons. The molecule has 0 spiro atoms. The number of nitrogens with two attached hydrogens (primary N) is 1. The van der Waals surface area contributed by atoms with E-state index in [4.69, 9.17) is 22.5 Å². The van der Waals surface area contributed by atoms with Crippen LogP contribution in [0.5, 0.6) is 0 Å². The summed E-state index contributed by atoms with van der Waals surface area (Å²) in [4.78, 5) is 6.51. The van der Waals surface area contributed by atoms with Gasteiger partial charge in [-0.05, 0) is 24.3 Å². The summed E-state index contributed by atoms with van der Waals surface area (Å²) in [5.74, 6) is 2.03. The molecule has 0 saturated carbocycles. The van der Waals surface area contributed by atoms with Gasteiger partial charge in [0.25, 0.3) is 0 Å². The first-order valence-corrected chi connectivity index (χ1v) is 6.79. The highest BCUT2D eigenvalue weighted by atomic mass is 35.5. The Morgan fingerprint density at radius 3 is 2.89 bits per heavy atom. The van der Waals surface area contributed by atoms with Crippen molar-refractivity contribution in [1.29, 1.82) is 0 Å². The number of hydrogen-bond donors (Lipinski definition) is 2. The highest BCUT2D eigenvalue weighted by Crippen LogP contribution is 2.31. The lowest BCUT2D eigenvalue weighted by molar-refractivity contribution is 0.318. The van der Waals surface area contributed by atoms with Crippen LogP contribution in [0, 0.1) is 11.8 Å². The van der Waals surface area contributed by atoms with E-state index in [0.717, 1.165) is 19.5 Å². The van der Waals surface area contributed by atoms with E-state index in [9.17, 15) is 0 Å². The monoisotopic (exact) mass is 282 g/mol. The Balaban J connectivity index is 2.31. The zero-order valence-electron chi connectivity index (χ0n) is 11.2. The van der Waals surface area contributed by atoms with Gasteiger partial charge in [0.2, 0.25) is 0 Å². The van der Waals surface area contributed by atoms with Crippen LogP contribution < -0.4 is 10.6 Å². The molecule has 2 rings (SSSR count). The standard InChI is InChI=1S/C13H19ClN4O/c1-8-4-6-18(7-9(8)2)13-11(14)10(3-5-16-13)12(15)17-19/h3,5,8-9,19H,4,6-7H2,1-2H3,(H2,15,17). The van der Waals surface area contributed by atoms with Crippen molar-refractivity contribution in [3.8, 4) is 0 Å². The van der Waals surface area contributed by atoms with Crippen LogP contribution in [-0.2, 0) is 0 Å². The third-order valence-electron chi connectivity index (χ3n) is 3.89. The quantitative estimate of drug-likeness (QED) is 0.378. The van der Waals surface area contributed by atoms with Crippen LogP contribution in [0.4, 0.5) is 5.82 Å². The van der Waals surface area contributed by atoms with Crippen molar-refractivity contribution >= 4 is 23.3 Å². The van der Waals surface area contributed by atoms with E-state index in [-0.39, 0.29) is 5.84 Å². The summed E-state index contributed by atoms with van der Waals surface area (Å²) in [5, 5.41) is 12.2. The molecule has 1 saturated heterocycles. The molecule has 19 heavy (non-hydrogen) atoms. The molecule has 0 amide bonds. The van der Waals surface area contributed by atoms with Crippen molar-refractivity contribution < 1.29 is 5.21 Å². The van der Waals surface area contributed by atoms with Crippen LogP contribution in [0.3, 0.4) is 0 Å². The largest absolute Gasteiger partial charge is 0.409 e. The van der Waals surface area contributed by atoms with Crippen LogP contribution in [0.1, 0.15) is 25.8 Å². The molecule has 0 radical (unpaired) electrons. The summed E-state index contributed by atoms with van der Waals surface area (Å²) in [5.41, 5.74) is 6.13. The Morgan fingerprint density at radius 1 is 1.53 bits per heavy atom. The number of pyridine rings is 1. The minimum absolute atomic E-state index is 0.00655. The summed E-state index contributed by atoms with van der Waals surface area (Å²) in [7, 11) is 0. The van der Waals surface area contributed by atoms with Crippen LogP contribution in [0.15, 0.2) is 17.4 Å². The maximum Gasteiger partial charge on any atom is 0.171 e. The third kappa shape index (κ3) is 2.76. The zero-order valence-corrected chi connectivity index (χ0v) is 11.9. The van der Waals surface area contributed by atoms with Crippen molar-refractivity contribution in [2.75, 3.05) is 18.0 Å². The van der Waals surface area contributed by atoms with Gasteiger partial charge in [0.05, 0.1) is 5.02 Å². The number of aromatic nitrogens is 1. The number of nitrogens with zero attached hydrogens (tertiary/aromatic N) is 3. The first-order chi connectivity index (χ1) is 9.04. The summed E-state index contributed by atoms with van der Waals surface area (Å²) < 4.78 is 0. The second-order valence-electron chi connectivity index (χ2n) is 5.17. The Kier molecular flexibility index (Phi) is 4.14. The highest BCUT2D eigenvalue weighted by molar-refractivity contribution is 6.36. The maximum atomic E-state index is 8.76. The second-order valence-corrected chi connectivity index (χ2v) is 5.55. The molecule has 0 bridgehead atoms. The summed E-state index contributed by atoms with van der Waals surface area (Å²) in [6.07, 6.45) is 2.75. The van der Waals surface area contributed by atoms with Gasteiger partial charge in [-0.3, -0.25) is 0 Å². The Hall–Kier alpha value is -1.49. The first kappa shape index (κ1) is 13.9. The molecule has 1 aliphatic rings. The van der Waals surface area contributed by atoms with Crippen LogP contribution in [-0.4, -0.2) is 29.1 Å². The van der Waals surface area contributed by atoms with E-state index in [0.29, 0.717) is 28.2 Å². The number of rotatable bonds is 2. The molecular formula is C13H19ClN4O. The van der Waals surface area contributed by atoms with Crippen molar-refractivity contribution in [2.45, 2.75) is 20.3 Å². The fraction of sp³-hybridized carbons (Fsp3) is 0.538. The SMILES string of the molecule is CC1CCN(c2nccc(/C(N)=N/O)c2Cl)CC1C. The summed E-state index contributed by atoms with van der Waals surface area (Å²) >= 11 is 6.32. The van der Waals surface area contributed by atoms with E-state index < -0.39 is 0 Å². The second kappa shape index (κ2) is 5.65. The van der Waals surface area contributed by atoms with Crippen LogP contribution in [0.2, 0.25) is 5.02 Å². The van der Waals surface area contributed by atoms with Crippen molar-refractivity contribution in [3.05, 3.63) is 22.8 Å². The molecule has 2 unspecified atom stereocenters. The topological polar surface area (TPSA) is 74.7 Å². The van der Waals surface area contributed by atoms with Crippen molar-refractivity contribution in [2.24, 2.45) is 22.7 Å². The average Bonchev–Trinajstić information content (AvgIpc) is 2.41. The molecule has 3 N–H and O–H groups in total. The Morgan fingerprint density at radius 2 is 2.26 bits per heavy atom. The summed E-state index contributed by atoms with van der Waals surface area (Å²) in [6.45, 7) is 6.35. The molecular weight excluding hydrogens is 264 g/mol. The molecule has 2 heterocycles. The van der Waals surface area contributed by atoms with Crippen LogP contribution in [0.25, 0.3) is 0 Å². The third-order valence-corrected chi connectivity index (χ3v) is 4.26. The Bertz CT molecular complexity index is 492. The molecule has 2 atom stereocenters. The van der Waals surface area contributed by atoms with Gasteiger partial charge in [0.1, 0.15) is 5.82 Å². The first-order valence-electron chi connectivity index (χ1n) is 6.42. The smallest absolute Gasteiger partial charge is 0.171 e. The summed E-state index contributed by atoms with van der Waals surface area (Å²) in [6, 6.07) is 1.65. The highest BCUT2D eigenvalue weighted by Gasteiger charge is 2.25. The van der Waals surface area contributed by atoms with Gasteiger partial charge < -0.3 is 15.8 Å². The number of halogens is 1. The van der Waals surface area contributed by atoms with E-state index in [1.54, 1.807) is 12.3 Å². The molecule has 1 aliphatic heterocycles. The van der Waals surface area contributed by atoms with Gasteiger partial charge in [0.15, 0.2) is 5.84 Å². The van der Waals surface area contributed by atoms with Gasteiger partial charge in [-0.25, -0.2) is 4.98 Å². The lowest BCUT2D eigenvalue weighted by atomic mass is 9.89. The average molecular weight is 283 g/mol.